The fourth-order valence-corrected chi connectivity index (χ4v) is 3.16. The molecule has 2 atom stereocenters. The quantitative estimate of drug-likeness (QED) is 0.937. The zero-order valence-corrected chi connectivity index (χ0v) is 11.9. The number of amides is 1. The van der Waals surface area contributed by atoms with Crippen LogP contribution in [0.2, 0.25) is 0 Å². The summed E-state index contributed by atoms with van der Waals surface area (Å²) in [5.74, 6) is -0.0139. The Hall–Kier alpha value is -2.34. The maximum Gasteiger partial charge on any atom is 0.224 e. The monoisotopic (exact) mass is 278 g/mol. The number of rotatable bonds is 3. The van der Waals surface area contributed by atoms with E-state index >= 15 is 0 Å². The average molecular weight is 278 g/mol. The average Bonchev–Trinajstić information content (AvgIpc) is 2.94. The molecule has 0 bridgehead atoms. The van der Waals surface area contributed by atoms with E-state index in [9.17, 15) is 4.79 Å². The summed E-state index contributed by atoms with van der Waals surface area (Å²) in [5, 5.41) is 14.4. The van der Waals surface area contributed by atoms with Crippen molar-refractivity contribution in [3.05, 3.63) is 48.0 Å². The first-order valence-corrected chi connectivity index (χ1v) is 7.43. The van der Waals surface area contributed by atoms with Crippen LogP contribution in [-0.2, 0) is 11.2 Å². The van der Waals surface area contributed by atoms with Crippen LogP contribution in [0.4, 0.5) is 0 Å². The first-order chi connectivity index (χ1) is 10.3. The van der Waals surface area contributed by atoms with Crippen molar-refractivity contribution in [3.8, 4) is 6.07 Å². The molecular formula is C18H18N2O. The molecule has 1 aliphatic carbocycles. The summed E-state index contributed by atoms with van der Waals surface area (Å²) in [4.78, 5) is 12.3. The van der Waals surface area contributed by atoms with Crippen molar-refractivity contribution < 1.29 is 4.79 Å². The maximum absolute atomic E-state index is 12.3. The van der Waals surface area contributed by atoms with Crippen molar-refractivity contribution in [3.63, 3.8) is 0 Å². The third kappa shape index (κ3) is 2.90. The number of hydrogen-bond acceptors (Lipinski definition) is 2. The molecule has 3 heteroatoms. The number of fused-ring (bicyclic) bond motifs is 1. The van der Waals surface area contributed by atoms with Crippen LogP contribution >= 0.6 is 0 Å². The number of nitrogens with one attached hydrogen (secondary N) is 1. The van der Waals surface area contributed by atoms with Crippen LogP contribution in [0, 0.1) is 17.2 Å². The van der Waals surface area contributed by atoms with Gasteiger partial charge in [0.2, 0.25) is 5.91 Å². The predicted octanol–water partition coefficient (Wildman–Crippen LogP) is 3.19. The Kier molecular flexibility index (Phi) is 3.87. The topological polar surface area (TPSA) is 52.9 Å². The second-order valence-electron chi connectivity index (χ2n) is 5.66. The number of benzene rings is 2. The second kappa shape index (κ2) is 5.97. The lowest BCUT2D eigenvalue weighted by molar-refractivity contribution is -0.121. The van der Waals surface area contributed by atoms with Gasteiger partial charge in [0, 0.05) is 6.04 Å². The molecule has 3 nitrogen and oxygen atoms in total. The van der Waals surface area contributed by atoms with Crippen LogP contribution in [-0.4, -0.2) is 11.9 Å². The Morgan fingerprint density at radius 3 is 2.86 bits per heavy atom. The van der Waals surface area contributed by atoms with Crippen molar-refractivity contribution in [2.75, 3.05) is 0 Å². The fraction of sp³-hybridized carbons (Fsp3) is 0.333. The molecule has 2 aromatic carbocycles. The molecule has 0 aromatic heterocycles. The molecule has 2 aromatic rings. The first kappa shape index (κ1) is 13.6. The van der Waals surface area contributed by atoms with Gasteiger partial charge in [-0.2, -0.15) is 5.26 Å². The van der Waals surface area contributed by atoms with Crippen LogP contribution in [0.15, 0.2) is 42.5 Å². The summed E-state index contributed by atoms with van der Waals surface area (Å²) in [7, 11) is 0. The number of carbonyl (C=O) groups is 1. The van der Waals surface area contributed by atoms with Gasteiger partial charge in [-0.15, -0.1) is 0 Å². The molecule has 1 N–H and O–H groups in total. The Labute approximate surface area is 124 Å². The number of carbonyl (C=O) groups excluding carboxylic acids is 1. The smallest absolute Gasteiger partial charge is 0.224 e. The van der Waals surface area contributed by atoms with E-state index in [0.29, 0.717) is 6.42 Å². The molecule has 2 unspecified atom stereocenters. The first-order valence-electron chi connectivity index (χ1n) is 7.43. The second-order valence-corrected chi connectivity index (χ2v) is 5.66. The zero-order valence-electron chi connectivity index (χ0n) is 11.9. The van der Waals surface area contributed by atoms with Gasteiger partial charge in [0.15, 0.2) is 0 Å². The van der Waals surface area contributed by atoms with Crippen molar-refractivity contribution in [2.24, 2.45) is 5.92 Å². The van der Waals surface area contributed by atoms with Gasteiger partial charge in [-0.05, 0) is 35.6 Å². The molecule has 106 valence electrons. The summed E-state index contributed by atoms with van der Waals surface area (Å²) < 4.78 is 0. The molecule has 3 rings (SSSR count). The summed E-state index contributed by atoms with van der Waals surface area (Å²) >= 11 is 0. The fourth-order valence-electron chi connectivity index (χ4n) is 3.16. The van der Waals surface area contributed by atoms with Gasteiger partial charge in [-0.25, -0.2) is 0 Å². The van der Waals surface area contributed by atoms with Gasteiger partial charge in [0.1, 0.15) is 0 Å². The highest BCUT2D eigenvalue weighted by molar-refractivity contribution is 5.90. The van der Waals surface area contributed by atoms with E-state index in [1.807, 2.05) is 30.3 Å². The van der Waals surface area contributed by atoms with Crippen molar-refractivity contribution in [1.29, 1.82) is 5.26 Å². The third-order valence-corrected chi connectivity index (χ3v) is 4.26. The molecule has 1 fully saturated rings. The lowest BCUT2D eigenvalue weighted by atomic mass is 10.0. The van der Waals surface area contributed by atoms with Crippen LogP contribution in [0.5, 0.6) is 0 Å². The van der Waals surface area contributed by atoms with Gasteiger partial charge < -0.3 is 5.32 Å². The molecule has 1 aliphatic rings. The van der Waals surface area contributed by atoms with Gasteiger partial charge in [0.25, 0.3) is 0 Å². The van der Waals surface area contributed by atoms with E-state index in [0.717, 1.165) is 35.6 Å². The van der Waals surface area contributed by atoms with Gasteiger partial charge in [-0.3, -0.25) is 4.79 Å². The van der Waals surface area contributed by atoms with Crippen molar-refractivity contribution in [2.45, 2.75) is 31.7 Å². The summed E-state index contributed by atoms with van der Waals surface area (Å²) in [5.41, 5.74) is 1.04. The maximum atomic E-state index is 12.3. The minimum absolute atomic E-state index is 0.0125. The number of hydrogen-bond donors (Lipinski definition) is 1. The molecule has 0 aliphatic heterocycles. The molecule has 1 saturated carbocycles. The molecular weight excluding hydrogens is 260 g/mol. The van der Waals surface area contributed by atoms with Crippen LogP contribution in [0.25, 0.3) is 10.8 Å². The Balaban J connectivity index is 1.73. The highest BCUT2D eigenvalue weighted by Crippen LogP contribution is 2.25. The highest BCUT2D eigenvalue weighted by atomic mass is 16.1. The number of nitrogens with zero attached hydrogens (tertiary/aromatic N) is 1. The lowest BCUT2D eigenvalue weighted by Gasteiger charge is -2.16. The minimum atomic E-state index is -0.0264. The lowest BCUT2D eigenvalue weighted by Crippen LogP contribution is -2.37. The van der Waals surface area contributed by atoms with E-state index in [1.54, 1.807) is 0 Å². The Morgan fingerprint density at radius 2 is 2.00 bits per heavy atom. The SMILES string of the molecule is N#CC1CCCC1NC(=O)Cc1cccc2ccccc12. The summed E-state index contributed by atoms with van der Waals surface area (Å²) in [6.07, 6.45) is 3.21. The molecule has 0 spiro atoms. The Bertz CT molecular complexity index is 696. The van der Waals surface area contributed by atoms with Gasteiger partial charge >= 0.3 is 0 Å². The zero-order chi connectivity index (χ0) is 14.7. The van der Waals surface area contributed by atoms with Crippen LogP contribution in [0.3, 0.4) is 0 Å². The van der Waals surface area contributed by atoms with Crippen LogP contribution in [0.1, 0.15) is 24.8 Å². The normalized spacial score (nSPS) is 21.1. The minimum Gasteiger partial charge on any atom is -0.352 e. The number of nitriles is 1. The van der Waals surface area contributed by atoms with E-state index in [1.165, 1.54) is 0 Å². The highest BCUT2D eigenvalue weighted by Gasteiger charge is 2.28. The summed E-state index contributed by atoms with van der Waals surface area (Å²) in [6.45, 7) is 0. The van der Waals surface area contributed by atoms with Crippen molar-refractivity contribution in [1.82, 2.24) is 5.32 Å². The van der Waals surface area contributed by atoms with Gasteiger partial charge in [0.05, 0.1) is 18.4 Å². The third-order valence-electron chi connectivity index (χ3n) is 4.26. The molecule has 1 amide bonds. The summed E-state index contributed by atoms with van der Waals surface area (Å²) in [6, 6.07) is 16.5. The Morgan fingerprint density at radius 1 is 1.19 bits per heavy atom. The molecule has 0 heterocycles. The van der Waals surface area contributed by atoms with E-state index < -0.39 is 0 Å². The molecule has 21 heavy (non-hydrogen) atoms. The van der Waals surface area contributed by atoms with Crippen molar-refractivity contribution >= 4 is 16.7 Å². The molecule has 0 saturated heterocycles. The van der Waals surface area contributed by atoms with E-state index in [2.05, 4.69) is 23.5 Å². The van der Waals surface area contributed by atoms with Gasteiger partial charge in [-0.1, -0.05) is 42.5 Å². The van der Waals surface area contributed by atoms with E-state index in [4.69, 9.17) is 5.26 Å². The molecule has 0 radical (unpaired) electrons. The predicted molar refractivity (Wildman–Crippen MR) is 82.5 cm³/mol. The standard InChI is InChI=1S/C18H18N2O/c19-12-15-8-4-10-17(15)20-18(21)11-14-7-3-6-13-5-1-2-9-16(13)14/h1-3,5-7,9,15,17H,4,8,10-11H2,(H,20,21). The van der Waals surface area contributed by atoms with Crippen LogP contribution < -0.4 is 5.32 Å². The van der Waals surface area contributed by atoms with E-state index in [-0.39, 0.29) is 17.9 Å². The largest absolute Gasteiger partial charge is 0.352 e.